The fourth-order valence-corrected chi connectivity index (χ4v) is 2.70. The van der Waals surface area contributed by atoms with Crippen molar-refractivity contribution in [2.75, 3.05) is 13.1 Å². The minimum Gasteiger partial charge on any atom is -0.481 e. The normalized spacial score (nSPS) is 24.8. The highest BCUT2D eigenvalue weighted by Crippen LogP contribution is 2.38. The molecule has 0 aliphatic carbocycles. The number of rotatable bonds is 6. The molecular formula is C14H26N2O3. The fraction of sp³-hybridized carbons (Fsp3) is 0.857. The van der Waals surface area contributed by atoms with Crippen LogP contribution in [-0.4, -0.2) is 41.0 Å². The lowest BCUT2D eigenvalue weighted by atomic mass is 9.76. The smallest absolute Gasteiger partial charge is 0.311 e. The predicted molar refractivity (Wildman–Crippen MR) is 73.6 cm³/mol. The van der Waals surface area contributed by atoms with Crippen molar-refractivity contribution in [2.45, 2.75) is 52.5 Å². The summed E-state index contributed by atoms with van der Waals surface area (Å²) in [5, 5.41) is 9.44. The van der Waals surface area contributed by atoms with Gasteiger partial charge in [0.15, 0.2) is 0 Å². The molecule has 5 heteroatoms. The predicted octanol–water partition coefficient (Wildman–Crippen LogP) is 1.46. The van der Waals surface area contributed by atoms with Gasteiger partial charge in [0.2, 0.25) is 5.91 Å². The summed E-state index contributed by atoms with van der Waals surface area (Å²) in [6.07, 6.45) is 3.13. The lowest BCUT2D eigenvalue weighted by Gasteiger charge is -2.29. The molecular weight excluding hydrogens is 244 g/mol. The lowest BCUT2D eigenvalue weighted by molar-refractivity contribution is -0.151. The second-order valence-corrected chi connectivity index (χ2v) is 5.87. The highest BCUT2D eigenvalue weighted by molar-refractivity contribution is 5.84. The third-order valence-corrected chi connectivity index (χ3v) is 4.33. The average molecular weight is 270 g/mol. The van der Waals surface area contributed by atoms with E-state index in [1.807, 2.05) is 13.8 Å². The number of aliphatic carboxylic acids is 1. The van der Waals surface area contributed by atoms with Crippen molar-refractivity contribution in [1.82, 2.24) is 4.90 Å². The van der Waals surface area contributed by atoms with E-state index in [1.54, 1.807) is 4.90 Å². The van der Waals surface area contributed by atoms with E-state index in [9.17, 15) is 14.7 Å². The lowest BCUT2D eigenvalue weighted by Crippen LogP contribution is -2.45. The number of hydrogen-bond donors (Lipinski definition) is 2. The van der Waals surface area contributed by atoms with E-state index in [1.165, 1.54) is 0 Å². The number of carboxylic acids is 1. The molecule has 2 atom stereocenters. The minimum absolute atomic E-state index is 0.00895. The maximum Gasteiger partial charge on any atom is 0.311 e. The van der Waals surface area contributed by atoms with Crippen molar-refractivity contribution in [1.29, 1.82) is 0 Å². The number of carbonyl (C=O) groups is 2. The summed E-state index contributed by atoms with van der Waals surface area (Å²) < 4.78 is 0. The molecule has 3 N–H and O–H groups in total. The van der Waals surface area contributed by atoms with Crippen molar-refractivity contribution in [2.24, 2.45) is 17.1 Å². The number of amides is 1. The van der Waals surface area contributed by atoms with Crippen LogP contribution in [-0.2, 0) is 9.59 Å². The van der Waals surface area contributed by atoms with Crippen LogP contribution in [0, 0.1) is 11.3 Å². The van der Waals surface area contributed by atoms with E-state index < -0.39 is 17.4 Å². The maximum absolute atomic E-state index is 12.2. The molecule has 0 radical (unpaired) electrons. The van der Waals surface area contributed by atoms with Gasteiger partial charge in [-0.25, -0.2) is 0 Å². The first-order chi connectivity index (χ1) is 8.85. The highest BCUT2D eigenvalue weighted by atomic mass is 16.4. The highest BCUT2D eigenvalue weighted by Gasteiger charge is 2.48. The monoisotopic (exact) mass is 270 g/mol. The van der Waals surface area contributed by atoms with Gasteiger partial charge in [-0.05, 0) is 18.8 Å². The third-order valence-electron chi connectivity index (χ3n) is 4.33. The zero-order valence-corrected chi connectivity index (χ0v) is 12.2. The summed E-state index contributed by atoms with van der Waals surface area (Å²) in [5.41, 5.74) is 5.08. The van der Waals surface area contributed by atoms with Crippen LogP contribution in [0.1, 0.15) is 46.5 Å². The van der Waals surface area contributed by atoms with Gasteiger partial charge in [0.1, 0.15) is 0 Å². The summed E-state index contributed by atoms with van der Waals surface area (Å²) in [7, 11) is 0. The van der Waals surface area contributed by atoms with E-state index in [0.717, 1.165) is 12.8 Å². The van der Waals surface area contributed by atoms with E-state index in [2.05, 4.69) is 6.92 Å². The third kappa shape index (κ3) is 3.26. The van der Waals surface area contributed by atoms with Gasteiger partial charge in [-0.3, -0.25) is 9.59 Å². The number of unbranched alkanes of at least 4 members (excludes halogenated alkanes) is 1. The van der Waals surface area contributed by atoms with Gasteiger partial charge in [-0.15, -0.1) is 0 Å². The Morgan fingerprint density at radius 3 is 2.47 bits per heavy atom. The molecule has 1 amide bonds. The van der Waals surface area contributed by atoms with Crippen LogP contribution in [0.2, 0.25) is 0 Å². The molecule has 0 bridgehead atoms. The minimum atomic E-state index is -0.806. The van der Waals surface area contributed by atoms with Crippen LogP contribution in [0.3, 0.4) is 0 Å². The van der Waals surface area contributed by atoms with Crippen molar-refractivity contribution in [3.05, 3.63) is 0 Å². The molecule has 5 nitrogen and oxygen atoms in total. The Hall–Kier alpha value is -1.10. The summed E-state index contributed by atoms with van der Waals surface area (Å²) in [4.78, 5) is 25.3. The van der Waals surface area contributed by atoms with Crippen LogP contribution in [0.15, 0.2) is 0 Å². The SMILES string of the molecule is CCCCC(N)C(=O)N1CCC(C(=O)O)(C(C)C)C1. The summed E-state index contributed by atoms with van der Waals surface area (Å²) in [6, 6.07) is -0.489. The van der Waals surface area contributed by atoms with Crippen LogP contribution in [0.25, 0.3) is 0 Å². The zero-order valence-electron chi connectivity index (χ0n) is 12.2. The molecule has 1 rings (SSSR count). The van der Waals surface area contributed by atoms with Gasteiger partial charge in [0.05, 0.1) is 11.5 Å². The van der Waals surface area contributed by atoms with Gasteiger partial charge >= 0.3 is 5.97 Å². The Morgan fingerprint density at radius 1 is 1.42 bits per heavy atom. The Balaban J connectivity index is 2.69. The Kier molecular flexibility index (Phi) is 5.35. The van der Waals surface area contributed by atoms with Crippen molar-refractivity contribution >= 4 is 11.9 Å². The van der Waals surface area contributed by atoms with Crippen LogP contribution < -0.4 is 5.73 Å². The van der Waals surface area contributed by atoms with E-state index in [-0.39, 0.29) is 11.8 Å². The first-order valence-corrected chi connectivity index (χ1v) is 7.13. The zero-order chi connectivity index (χ0) is 14.6. The number of nitrogens with two attached hydrogens (primary N) is 1. The number of nitrogens with zero attached hydrogens (tertiary/aromatic N) is 1. The van der Waals surface area contributed by atoms with E-state index in [4.69, 9.17) is 5.73 Å². The largest absolute Gasteiger partial charge is 0.481 e. The molecule has 19 heavy (non-hydrogen) atoms. The van der Waals surface area contributed by atoms with E-state index >= 15 is 0 Å². The van der Waals surface area contributed by atoms with Crippen LogP contribution in [0.4, 0.5) is 0 Å². The second-order valence-electron chi connectivity index (χ2n) is 5.87. The van der Waals surface area contributed by atoms with Crippen LogP contribution >= 0.6 is 0 Å². The van der Waals surface area contributed by atoms with Gasteiger partial charge in [0.25, 0.3) is 0 Å². The molecule has 2 unspecified atom stereocenters. The standard InChI is InChI=1S/C14H26N2O3/c1-4-5-6-11(15)12(17)16-8-7-14(9-16,10(2)3)13(18)19/h10-11H,4-9,15H2,1-3H3,(H,18,19). The van der Waals surface area contributed by atoms with Gasteiger partial charge in [-0.2, -0.15) is 0 Å². The molecule has 1 fully saturated rings. The Bertz CT molecular complexity index is 344. The first-order valence-electron chi connectivity index (χ1n) is 7.13. The maximum atomic E-state index is 12.2. The molecule has 1 heterocycles. The Morgan fingerprint density at radius 2 is 2.05 bits per heavy atom. The molecule has 0 saturated carbocycles. The molecule has 1 aliphatic rings. The molecule has 0 aromatic rings. The van der Waals surface area contributed by atoms with Crippen LogP contribution in [0.5, 0.6) is 0 Å². The fourth-order valence-electron chi connectivity index (χ4n) is 2.70. The van der Waals surface area contributed by atoms with Crippen molar-refractivity contribution < 1.29 is 14.7 Å². The van der Waals surface area contributed by atoms with Gasteiger partial charge in [0, 0.05) is 13.1 Å². The topological polar surface area (TPSA) is 83.6 Å². The number of carbonyl (C=O) groups excluding carboxylic acids is 1. The van der Waals surface area contributed by atoms with Gasteiger partial charge in [-0.1, -0.05) is 33.6 Å². The van der Waals surface area contributed by atoms with Gasteiger partial charge < -0.3 is 15.7 Å². The molecule has 110 valence electrons. The average Bonchev–Trinajstić information content (AvgIpc) is 2.81. The first kappa shape index (κ1) is 16.0. The Labute approximate surface area is 115 Å². The quantitative estimate of drug-likeness (QED) is 0.765. The molecule has 1 saturated heterocycles. The summed E-state index contributed by atoms with van der Waals surface area (Å²) in [5.74, 6) is -0.896. The second kappa shape index (κ2) is 6.37. The molecule has 0 aromatic carbocycles. The molecule has 0 spiro atoms. The number of hydrogen-bond acceptors (Lipinski definition) is 3. The molecule has 1 aliphatic heterocycles. The van der Waals surface area contributed by atoms with Crippen molar-refractivity contribution in [3.8, 4) is 0 Å². The van der Waals surface area contributed by atoms with Crippen molar-refractivity contribution in [3.63, 3.8) is 0 Å². The number of carboxylic acid groups (broad SMARTS) is 1. The van der Waals surface area contributed by atoms with E-state index in [0.29, 0.717) is 25.9 Å². The molecule has 0 aromatic heterocycles. The number of likely N-dealkylation sites (tertiary alicyclic amines) is 1. The summed E-state index contributed by atoms with van der Waals surface area (Å²) >= 11 is 0. The summed E-state index contributed by atoms with van der Waals surface area (Å²) in [6.45, 7) is 6.65.